The van der Waals surface area contributed by atoms with Crippen LogP contribution >= 0.6 is 23.1 Å². The highest BCUT2D eigenvalue weighted by Gasteiger charge is 2.06. The molecular weight excluding hydrogens is 282 g/mol. The number of fused-ring (bicyclic) bond motifs is 1. The van der Waals surface area contributed by atoms with Gasteiger partial charge in [0.15, 0.2) is 0 Å². The number of nitrogens with zero attached hydrogens (tertiary/aromatic N) is 1. The number of hydrogen-bond donors (Lipinski definition) is 0. The average molecular weight is 297 g/mol. The van der Waals surface area contributed by atoms with E-state index in [1.807, 2.05) is 12.3 Å². The Morgan fingerprint density at radius 3 is 2.60 bits per heavy atom. The van der Waals surface area contributed by atoms with Crippen molar-refractivity contribution in [3.63, 3.8) is 0 Å². The van der Waals surface area contributed by atoms with Gasteiger partial charge < -0.3 is 0 Å². The highest BCUT2D eigenvalue weighted by atomic mass is 32.2. The largest absolute Gasteiger partial charge is 0.254 e. The molecule has 0 amide bonds. The summed E-state index contributed by atoms with van der Waals surface area (Å²) in [5.41, 5.74) is 2.35. The van der Waals surface area contributed by atoms with Gasteiger partial charge in [-0.1, -0.05) is 30.3 Å². The normalized spacial score (nSPS) is 11.5. The van der Waals surface area contributed by atoms with E-state index in [1.165, 1.54) is 25.4 Å². The van der Waals surface area contributed by atoms with Crippen LogP contribution in [0, 0.1) is 6.92 Å². The summed E-state index contributed by atoms with van der Waals surface area (Å²) >= 11 is 3.53. The maximum Gasteiger partial charge on any atom is 0.0765 e. The van der Waals surface area contributed by atoms with E-state index >= 15 is 0 Å². The lowest BCUT2D eigenvalue weighted by Crippen LogP contribution is -1.79. The van der Waals surface area contributed by atoms with Gasteiger partial charge in [-0.2, -0.15) is 0 Å². The Morgan fingerprint density at radius 2 is 1.80 bits per heavy atom. The fourth-order valence-electron chi connectivity index (χ4n) is 2.18. The molecule has 1 nitrogen and oxygen atoms in total. The number of hydrogen-bond acceptors (Lipinski definition) is 3. The van der Waals surface area contributed by atoms with Gasteiger partial charge in [0, 0.05) is 20.7 Å². The monoisotopic (exact) mass is 297 g/mol. The fraction of sp³-hybridized carbons (Fsp3) is 0.118. The number of benzene rings is 2. The lowest BCUT2D eigenvalue weighted by molar-refractivity contribution is 1.38. The van der Waals surface area contributed by atoms with Gasteiger partial charge in [-0.3, -0.25) is 4.99 Å². The average Bonchev–Trinajstić information content (AvgIpc) is 2.82. The van der Waals surface area contributed by atoms with Crippen molar-refractivity contribution in [2.75, 3.05) is 6.26 Å². The molecule has 3 heteroatoms. The summed E-state index contributed by atoms with van der Waals surface area (Å²) in [7, 11) is 0. The quantitative estimate of drug-likeness (QED) is 0.447. The predicted molar refractivity (Wildman–Crippen MR) is 92.0 cm³/mol. The summed E-state index contributed by atoms with van der Waals surface area (Å²) in [4.78, 5) is 7.12. The number of rotatable bonds is 3. The predicted octanol–water partition coefficient (Wildman–Crippen LogP) is 5.68. The second-order valence-corrected chi connectivity index (χ2v) is 6.45. The minimum Gasteiger partial charge on any atom is -0.254 e. The number of thioether (sulfide) groups is 1. The molecule has 0 spiro atoms. The van der Waals surface area contributed by atoms with E-state index in [1.54, 1.807) is 23.1 Å². The molecule has 1 aromatic heterocycles. The molecule has 0 N–H and O–H groups in total. The topological polar surface area (TPSA) is 12.4 Å². The second kappa shape index (κ2) is 5.81. The van der Waals surface area contributed by atoms with Crippen molar-refractivity contribution in [3.8, 4) is 0 Å². The van der Waals surface area contributed by atoms with Crippen LogP contribution in [0.4, 0.5) is 5.69 Å². The molecule has 1 heterocycles. The molecule has 0 radical (unpaired) electrons. The number of aryl methyl sites for hydroxylation is 1. The first kappa shape index (κ1) is 13.4. The first-order valence-electron chi connectivity index (χ1n) is 6.45. The third-order valence-corrected chi connectivity index (χ3v) is 5.28. The van der Waals surface area contributed by atoms with Gasteiger partial charge >= 0.3 is 0 Å². The zero-order valence-corrected chi connectivity index (χ0v) is 13.1. The standard InChI is InChI=1S/C17H15NS2/c1-12-13-7-3-5-9-15(13)20-17(12)11-18-14-8-4-6-10-16(14)19-2/h3-11H,1-2H3. The summed E-state index contributed by atoms with van der Waals surface area (Å²) < 4.78 is 1.32. The number of thiophene rings is 1. The first-order valence-corrected chi connectivity index (χ1v) is 8.49. The van der Waals surface area contributed by atoms with Crippen molar-refractivity contribution < 1.29 is 0 Å². The van der Waals surface area contributed by atoms with Crippen molar-refractivity contribution in [3.05, 3.63) is 59.0 Å². The van der Waals surface area contributed by atoms with Crippen LogP contribution in [0.1, 0.15) is 10.4 Å². The zero-order chi connectivity index (χ0) is 13.9. The summed E-state index contributed by atoms with van der Waals surface area (Å²) in [5.74, 6) is 0. The van der Waals surface area contributed by atoms with Crippen LogP contribution in [0.25, 0.3) is 10.1 Å². The molecule has 0 saturated heterocycles. The highest BCUT2D eigenvalue weighted by Crippen LogP contribution is 2.31. The van der Waals surface area contributed by atoms with E-state index in [0.717, 1.165) is 5.69 Å². The lowest BCUT2D eigenvalue weighted by atomic mass is 10.1. The van der Waals surface area contributed by atoms with Crippen LogP contribution in [-0.4, -0.2) is 12.5 Å². The molecular formula is C17H15NS2. The van der Waals surface area contributed by atoms with E-state index in [9.17, 15) is 0 Å². The molecule has 100 valence electrons. The Hall–Kier alpha value is -1.58. The zero-order valence-electron chi connectivity index (χ0n) is 11.5. The first-order chi connectivity index (χ1) is 9.79. The lowest BCUT2D eigenvalue weighted by Gasteiger charge is -2.00. The maximum absolute atomic E-state index is 4.67. The van der Waals surface area contributed by atoms with E-state index < -0.39 is 0 Å². The smallest absolute Gasteiger partial charge is 0.0765 e. The Kier molecular flexibility index (Phi) is 3.90. The van der Waals surface area contributed by atoms with Gasteiger partial charge in [-0.15, -0.1) is 23.1 Å². The van der Waals surface area contributed by atoms with E-state index in [0.29, 0.717) is 0 Å². The summed E-state index contributed by atoms with van der Waals surface area (Å²) in [6.45, 7) is 2.17. The molecule has 0 fully saturated rings. The molecule has 3 aromatic rings. The summed E-state index contributed by atoms with van der Waals surface area (Å²) in [5, 5.41) is 1.33. The Morgan fingerprint density at radius 1 is 1.05 bits per heavy atom. The molecule has 2 aromatic carbocycles. The van der Waals surface area contributed by atoms with Crippen LogP contribution in [0.15, 0.2) is 58.4 Å². The molecule has 20 heavy (non-hydrogen) atoms. The van der Waals surface area contributed by atoms with Gasteiger partial charge in [0.05, 0.1) is 5.69 Å². The molecule has 0 aliphatic heterocycles. The van der Waals surface area contributed by atoms with Gasteiger partial charge in [0.2, 0.25) is 0 Å². The molecule has 0 bridgehead atoms. The van der Waals surface area contributed by atoms with E-state index in [4.69, 9.17) is 0 Å². The van der Waals surface area contributed by atoms with Crippen LogP contribution in [0.2, 0.25) is 0 Å². The number of para-hydroxylation sites is 1. The Bertz CT molecular complexity index is 772. The SMILES string of the molecule is CSc1ccccc1N=Cc1sc2ccccc2c1C. The minimum absolute atomic E-state index is 1.04. The third kappa shape index (κ3) is 2.51. The van der Waals surface area contributed by atoms with Gasteiger partial charge in [0.25, 0.3) is 0 Å². The van der Waals surface area contributed by atoms with Crippen molar-refractivity contribution in [2.24, 2.45) is 4.99 Å². The van der Waals surface area contributed by atoms with Crippen LogP contribution in [0.5, 0.6) is 0 Å². The van der Waals surface area contributed by atoms with Crippen LogP contribution in [-0.2, 0) is 0 Å². The Balaban J connectivity index is 2.00. The fourth-order valence-corrected chi connectivity index (χ4v) is 3.81. The third-order valence-electron chi connectivity index (χ3n) is 3.29. The van der Waals surface area contributed by atoms with Crippen LogP contribution < -0.4 is 0 Å². The van der Waals surface area contributed by atoms with Gasteiger partial charge in [-0.05, 0) is 42.3 Å². The molecule has 0 unspecified atom stereocenters. The van der Waals surface area contributed by atoms with E-state index in [2.05, 4.69) is 60.6 Å². The number of aliphatic imine (C=N–C) groups is 1. The highest BCUT2D eigenvalue weighted by molar-refractivity contribution is 7.98. The molecule has 0 aliphatic carbocycles. The molecule has 3 rings (SSSR count). The van der Waals surface area contributed by atoms with E-state index in [-0.39, 0.29) is 0 Å². The maximum atomic E-state index is 4.67. The van der Waals surface area contributed by atoms with Crippen molar-refractivity contribution in [2.45, 2.75) is 11.8 Å². The Labute approximate surface area is 127 Å². The van der Waals surface area contributed by atoms with Gasteiger partial charge in [-0.25, -0.2) is 0 Å². The molecule has 0 aliphatic rings. The van der Waals surface area contributed by atoms with Crippen molar-refractivity contribution >= 4 is 45.1 Å². The van der Waals surface area contributed by atoms with Crippen LogP contribution in [0.3, 0.4) is 0 Å². The van der Waals surface area contributed by atoms with Gasteiger partial charge in [0.1, 0.15) is 0 Å². The van der Waals surface area contributed by atoms with Crippen molar-refractivity contribution in [1.82, 2.24) is 0 Å². The summed E-state index contributed by atoms with van der Waals surface area (Å²) in [6.07, 6.45) is 4.08. The minimum atomic E-state index is 1.04. The summed E-state index contributed by atoms with van der Waals surface area (Å²) in [6, 6.07) is 16.8. The molecule has 0 atom stereocenters. The second-order valence-electron chi connectivity index (χ2n) is 4.52. The molecule has 0 saturated carbocycles. The van der Waals surface area contributed by atoms with Crippen molar-refractivity contribution in [1.29, 1.82) is 0 Å².